The van der Waals surface area contributed by atoms with Crippen LogP contribution in [0.1, 0.15) is 26.7 Å². The Balaban J connectivity index is 0. The van der Waals surface area contributed by atoms with Gasteiger partial charge in [-0.25, -0.2) is 4.79 Å². The summed E-state index contributed by atoms with van der Waals surface area (Å²) in [6.07, 6.45) is 1.39. The van der Waals surface area contributed by atoms with Crippen molar-refractivity contribution < 1.29 is 14.6 Å². The summed E-state index contributed by atoms with van der Waals surface area (Å²) in [5, 5.41) is 7.50. The molecular weight excluding hydrogens is 120 g/mol. The van der Waals surface area contributed by atoms with Crippen molar-refractivity contribution in [2.24, 2.45) is 0 Å². The monoisotopic (exact) mass is 134 g/mol. The zero-order valence-electron chi connectivity index (χ0n) is 6.18. The molecule has 0 saturated heterocycles. The standard InChI is InChI=1S/C4H10.C2H4O3/c1-3-4-2;1-5-2(3)4/h3-4H2,1-2H3;1H3,(H,3,4). The topological polar surface area (TPSA) is 46.5 Å². The Kier molecular flexibility index (Phi) is 12.7. The van der Waals surface area contributed by atoms with Gasteiger partial charge in [-0.1, -0.05) is 26.7 Å². The first kappa shape index (κ1) is 11.1. The number of ether oxygens (including phenoxy) is 1. The zero-order valence-corrected chi connectivity index (χ0v) is 6.18. The van der Waals surface area contributed by atoms with Crippen LogP contribution >= 0.6 is 0 Å². The molecule has 0 rings (SSSR count). The van der Waals surface area contributed by atoms with Crippen LogP contribution in [0.2, 0.25) is 0 Å². The number of methoxy groups -OCH3 is 1. The molecule has 0 spiro atoms. The lowest BCUT2D eigenvalue weighted by Gasteiger charge is -1.79. The van der Waals surface area contributed by atoms with E-state index in [1.165, 1.54) is 12.8 Å². The molecule has 0 atom stereocenters. The Morgan fingerprint density at radius 1 is 1.44 bits per heavy atom. The highest BCUT2D eigenvalue weighted by atomic mass is 16.6. The Morgan fingerprint density at radius 3 is 1.67 bits per heavy atom. The second kappa shape index (κ2) is 10.3. The average molecular weight is 134 g/mol. The van der Waals surface area contributed by atoms with E-state index in [0.717, 1.165) is 7.11 Å². The molecule has 0 aliphatic rings. The third-order valence-electron chi connectivity index (χ3n) is 0.675. The summed E-state index contributed by atoms with van der Waals surface area (Å²) in [6.45, 7) is 4.36. The van der Waals surface area contributed by atoms with Crippen LogP contribution in [0.3, 0.4) is 0 Å². The molecule has 0 bridgehead atoms. The van der Waals surface area contributed by atoms with Gasteiger partial charge in [-0.3, -0.25) is 0 Å². The van der Waals surface area contributed by atoms with Crippen molar-refractivity contribution in [1.82, 2.24) is 0 Å². The number of unbranched alkanes of at least 4 members (excludes halogenated alkanes) is 1. The Morgan fingerprint density at radius 2 is 1.67 bits per heavy atom. The first-order valence-electron chi connectivity index (χ1n) is 2.95. The zero-order chi connectivity index (χ0) is 7.70. The summed E-state index contributed by atoms with van der Waals surface area (Å²) in [6, 6.07) is 0. The van der Waals surface area contributed by atoms with Crippen LogP contribution in [0.4, 0.5) is 4.79 Å². The summed E-state index contributed by atoms with van der Waals surface area (Å²) in [4.78, 5) is 9.15. The Bertz CT molecular complexity index is 59.3. The van der Waals surface area contributed by atoms with Gasteiger partial charge in [0.25, 0.3) is 0 Å². The third-order valence-corrected chi connectivity index (χ3v) is 0.675. The maximum absolute atomic E-state index is 9.15. The molecule has 0 aromatic heterocycles. The second-order valence-corrected chi connectivity index (χ2v) is 1.47. The molecule has 56 valence electrons. The Hall–Kier alpha value is -0.730. The van der Waals surface area contributed by atoms with Crippen LogP contribution in [0.15, 0.2) is 0 Å². The molecule has 0 aromatic carbocycles. The second-order valence-electron chi connectivity index (χ2n) is 1.47. The fraction of sp³-hybridized carbons (Fsp3) is 0.833. The summed E-state index contributed by atoms with van der Waals surface area (Å²) in [5.74, 6) is 0. The van der Waals surface area contributed by atoms with Crippen molar-refractivity contribution in [2.75, 3.05) is 7.11 Å². The predicted molar refractivity (Wildman–Crippen MR) is 35.6 cm³/mol. The minimum absolute atomic E-state index is 1.10. The van der Waals surface area contributed by atoms with Gasteiger partial charge >= 0.3 is 6.16 Å². The van der Waals surface area contributed by atoms with Gasteiger partial charge in [-0.05, 0) is 0 Å². The predicted octanol–water partition coefficient (Wildman–Crippen LogP) is 2.12. The molecule has 1 N–H and O–H groups in total. The highest BCUT2D eigenvalue weighted by Gasteiger charge is 1.80. The van der Waals surface area contributed by atoms with Gasteiger partial charge in [0.05, 0.1) is 7.11 Å². The van der Waals surface area contributed by atoms with Gasteiger partial charge in [0.2, 0.25) is 0 Å². The van der Waals surface area contributed by atoms with Crippen molar-refractivity contribution in [3.63, 3.8) is 0 Å². The normalized spacial score (nSPS) is 7.00. The van der Waals surface area contributed by atoms with E-state index in [1.54, 1.807) is 0 Å². The van der Waals surface area contributed by atoms with Crippen LogP contribution in [0.25, 0.3) is 0 Å². The number of carboxylic acid groups (broad SMARTS) is 1. The lowest BCUT2D eigenvalue weighted by atomic mass is 10.4. The van der Waals surface area contributed by atoms with Crippen LogP contribution in [0.5, 0.6) is 0 Å². The van der Waals surface area contributed by atoms with Gasteiger partial charge in [-0.15, -0.1) is 0 Å². The summed E-state index contributed by atoms with van der Waals surface area (Å²) >= 11 is 0. The van der Waals surface area contributed by atoms with Crippen molar-refractivity contribution in [3.8, 4) is 0 Å². The third kappa shape index (κ3) is 39.2. The first-order valence-corrected chi connectivity index (χ1v) is 2.95. The van der Waals surface area contributed by atoms with E-state index in [-0.39, 0.29) is 0 Å². The molecule has 0 heterocycles. The molecule has 3 heteroatoms. The number of carbonyl (C=O) groups is 1. The van der Waals surface area contributed by atoms with Crippen LogP contribution < -0.4 is 0 Å². The SMILES string of the molecule is CCCC.COC(=O)O. The molecule has 0 aliphatic carbocycles. The van der Waals surface area contributed by atoms with E-state index < -0.39 is 6.16 Å². The van der Waals surface area contributed by atoms with E-state index in [9.17, 15) is 0 Å². The maximum atomic E-state index is 9.15. The maximum Gasteiger partial charge on any atom is 0.505 e. The number of rotatable bonds is 1. The summed E-state index contributed by atoms with van der Waals surface area (Å²) < 4.78 is 3.67. The fourth-order valence-corrected chi connectivity index (χ4v) is 0. The lowest BCUT2D eigenvalue weighted by molar-refractivity contribution is 0.114. The molecule has 3 nitrogen and oxygen atoms in total. The fourth-order valence-electron chi connectivity index (χ4n) is 0. The van der Waals surface area contributed by atoms with E-state index >= 15 is 0 Å². The average Bonchev–Trinajstić information content (AvgIpc) is 1.89. The summed E-state index contributed by atoms with van der Waals surface area (Å²) in [5.41, 5.74) is 0. The molecule has 0 aliphatic heterocycles. The van der Waals surface area contributed by atoms with Crippen molar-refractivity contribution >= 4 is 6.16 Å². The van der Waals surface area contributed by atoms with Gasteiger partial charge in [0.1, 0.15) is 0 Å². The van der Waals surface area contributed by atoms with Gasteiger partial charge < -0.3 is 9.84 Å². The molecule has 0 radical (unpaired) electrons. The van der Waals surface area contributed by atoms with E-state index in [1.807, 2.05) is 0 Å². The number of hydrogen-bond donors (Lipinski definition) is 1. The van der Waals surface area contributed by atoms with Gasteiger partial charge in [0, 0.05) is 0 Å². The minimum atomic E-state index is -1.25. The first-order chi connectivity index (χ1) is 4.18. The summed E-state index contributed by atoms with van der Waals surface area (Å²) in [7, 11) is 1.10. The molecule has 0 saturated carbocycles. The molecular formula is C6H14O3. The van der Waals surface area contributed by atoms with Crippen LogP contribution in [-0.2, 0) is 4.74 Å². The van der Waals surface area contributed by atoms with Gasteiger partial charge in [-0.2, -0.15) is 0 Å². The van der Waals surface area contributed by atoms with E-state index in [2.05, 4.69) is 18.6 Å². The van der Waals surface area contributed by atoms with E-state index in [0.29, 0.717) is 0 Å². The van der Waals surface area contributed by atoms with Crippen molar-refractivity contribution in [1.29, 1.82) is 0 Å². The van der Waals surface area contributed by atoms with Gasteiger partial charge in [0.15, 0.2) is 0 Å². The van der Waals surface area contributed by atoms with E-state index in [4.69, 9.17) is 9.90 Å². The van der Waals surface area contributed by atoms with Crippen LogP contribution in [-0.4, -0.2) is 18.4 Å². The van der Waals surface area contributed by atoms with Crippen LogP contribution in [0, 0.1) is 0 Å². The minimum Gasteiger partial charge on any atom is -0.450 e. The quantitative estimate of drug-likeness (QED) is 0.559. The highest BCUT2D eigenvalue weighted by Crippen LogP contribution is 1.76. The Labute approximate surface area is 55.6 Å². The highest BCUT2D eigenvalue weighted by molar-refractivity contribution is 5.56. The smallest absolute Gasteiger partial charge is 0.450 e. The molecule has 0 amide bonds. The molecule has 0 fully saturated rings. The molecule has 0 aromatic rings. The largest absolute Gasteiger partial charge is 0.505 e. The lowest BCUT2D eigenvalue weighted by Crippen LogP contribution is -1.91. The molecule has 0 unspecified atom stereocenters. The number of hydrogen-bond acceptors (Lipinski definition) is 2. The van der Waals surface area contributed by atoms with Crippen molar-refractivity contribution in [2.45, 2.75) is 26.7 Å². The molecule has 9 heavy (non-hydrogen) atoms. The van der Waals surface area contributed by atoms with Crippen molar-refractivity contribution in [3.05, 3.63) is 0 Å².